The van der Waals surface area contributed by atoms with Crippen LogP contribution in [0.4, 0.5) is 5.69 Å². The first-order valence-corrected chi connectivity index (χ1v) is 7.59. The van der Waals surface area contributed by atoms with Crippen molar-refractivity contribution in [1.29, 1.82) is 0 Å². The lowest BCUT2D eigenvalue weighted by Crippen LogP contribution is -2.35. The van der Waals surface area contributed by atoms with E-state index in [2.05, 4.69) is 33.1 Å². The third-order valence-electron chi connectivity index (χ3n) is 4.18. The topological polar surface area (TPSA) is 49.0 Å². The zero-order chi connectivity index (χ0) is 15.1. The van der Waals surface area contributed by atoms with Crippen LogP contribution < -0.4 is 10.5 Å². The van der Waals surface area contributed by atoms with Crippen molar-refractivity contribution in [3.63, 3.8) is 0 Å². The Morgan fingerprint density at radius 2 is 2.00 bits per heavy atom. The third-order valence-corrected chi connectivity index (χ3v) is 4.50. The highest BCUT2D eigenvalue weighted by Gasteiger charge is 2.21. The number of benzene rings is 2. The zero-order valence-corrected chi connectivity index (χ0v) is 12.6. The van der Waals surface area contributed by atoms with E-state index >= 15 is 0 Å². The van der Waals surface area contributed by atoms with Gasteiger partial charge < -0.3 is 9.88 Å². The number of rotatable bonds is 1. The van der Waals surface area contributed by atoms with Gasteiger partial charge in [-0.05, 0) is 23.9 Å². The largest absolute Gasteiger partial charge is 0.365 e. The van der Waals surface area contributed by atoms with Crippen molar-refractivity contribution in [1.82, 2.24) is 9.97 Å². The van der Waals surface area contributed by atoms with Gasteiger partial charge >= 0.3 is 0 Å². The maximum absolute atomic E-state index is 11.8. The smallest absolute Gasteiger partial charge is 0.254 e. The van der Waals surface area contributed by atoms with Gasteiger partial charge in [-0.25, -0.2) is 4.98 Å². The number of H-pyrrole nitrogens is 1. The van der Waals surface area contributed by atoms with Crippen LogP contribution in [0.5, 0.6) is 0 Å². The van der Waals surface area contributed by atoms with Crippen LogP contribution in [0.25, 0.3) is 10.8 Å². The summed E-state index contributed by atoms with van der Waals surface area (Å²) in [4.78, 5) is 21.1. The van der Waals surface area contributed by atoms with E-state index in [0.717, 1.165) is 39.3 Å². The molecule has 0 unspecified atom stereocenters. The van der Waals surface area contributed by atoms with Gasteiger partial charge in [-0.1, -0.05) is 35.9 Å². The minimum Gasteiger partial charge on any atom is -0.365 e. The van der Waals surface area contributed by atoms with E-state index in [0.29, 0.717) is 13.0 Å². The number of aromatic nitrogens is 2. The molecular formula is C17H14ClN3O. The van der Waals surface area contributed by atoms with Crippen molar-refractivity contribution in [3.05, 3.63) is 69.4 Å². The Hall–Kier alpha value is -2.33. The number of nitrogens with one attached hydrogen (secondary N) is 1. The lowest BCUT2D eigenvalue weighted by atomic mass is 10.0. The molecule has 4 nitrogen and oxygen atoms in total. The molecule has 2 aromatic carbocycles. The van der Waals surface area contributed by atoms with Crippen molar-refractivity contribution >= 4 is 28.1 Å². The molecule has 5 heteroatoms. The molecule has 0 spiro atoms. The molecule has 3 aromatic rings. The number of aromatic amines is 1. The van der Waals surface area contributed by atoms with Crippen LogP contribution in [-0.2, 0) is 13.0 Å². The fourth-order valence-corrected chi connectivity index (χ4v) is 3.39. The standard InChI is InChI=1S/C17H14ClN3O/c18-13-5-1-3-11-4-2-6-15(16(11)13)21-8-7-12-14(9-21)19-10-20-17(12)22/h1-6,10H,7-9H2,(H,19,20,22). The van der Waals surface area contributed by atoms with Crippen molar-refractivity contribution in [2.24, 2.45) is 0 Å². The molecular weight excluding hydrogens is 298 g/mol. The highest BCUT2D eigenvalue weighted by atomic mass is 35.5. The maximum Gasteiger partial charge on any atom is 0.254 e. The summed E-state index contributed by atoms with van der Waals surface area (Å²) in [6.45, 7) is 1.41. The first-order chi connectivity index (χ1) is 10.7. The van der Waals surface area contributed by atoms with Crippen LogP contribution in [0.1, 0.15) is 11.3 Å². The van der Waals surface area contributed by atoms with Crippen LogP contribution in [0.15, 0.2) is 47.5 Å². The van der Waals surface area contributed by atoms with E-state index in [1.54, 1.807) is 0 Å². The number of nitrogens with zero attached hydrogens (tertiary/aromatic N) is 2. The summed E-state index contributed by atoms with van der Waals surface area (Å²) in [6, 6.07) is 12.1. The van der Waals surface area contributed by atoms with E-state index in [1.165, 1.54) is 6.33 Å². The fraction of sp³-hybridized carbons (Fsp3) is 0.176. The second-order valence-electron chi connectivity index (χ2n) is 5.44. The van der Waals surface area contributed by atoms with Gasteiger partial charge in [-0.3, -0.25) is 4.79 Å². The third kappa shape index (κ3) is 2.07. The van der Waals surface area contributed by atoms with Crippen molar-refractivity contribution in [2.45, 2.75) is 13.0 Å². The van der Waals surface area contributed by atoms with Crippen molar-refractivity contribution < 1.29 is 0 Å². The Kier molecular flexibility index (Phi) is 3.12. The lowest BCUT2D eigenvalue weighted by molar-refractivity contribution is 0.698. The summed E-state index contributed by atoms with van der Waals surface area (Å²) in [5, 5.41) is 2.92. The Labute approximate surface area is 132 Å². The Morgan fingerprint density at radius 3 is 2.86 bits per heavy atom. The molecule has 4 rings (SSSR count). The average Bonchev–Trinajstić information content (AvgIpc) is 2.54. The minimum absolute atomic E-state index is 0.0272. The molecule has 0 saturated carbocycles. The molecule has 2 heterocycles. The number of anilines is 1. The Morgan fingerprint density at radius 1 is 1.18 bits per heavy atom. The van der Waals surface area contributed by atoms with Gasteiger partial charge in [0, 0.05) is 23.2 Å². The highest BCUT2D eigenvalue weighted by molar-refractivity contribution is 6.36. The molecule has 22 heavy (non-hydrogen) atoms. The average molecular weight is 312 g/mol. The molecule has 0 fully saturated rings. The monoisotopic (exact) mass is 311 g/mol. The molecule has 1 aliphatic rings. The summed E-state index contributed by atoms with van der Waals surface area (Å²) in [7, 11) is 0. The van der Waals surface area contributed by atoms with Crippen LogP contribution in [0.2, 0.25) is 5.02 Å². The maximum atomic E-state index is 11.8. The zero-order valence-electron chi connectivity index (χ0n) is 11.8. The molecule has 110 valence electrons. The quantitative estimate of drug-likeness (QED) is 0.751. The second-order valence-corrected chi connectivity index (χ2v) is 5.85. The fourth-order valence-electron chi connectivity index (χ4n) is 3.11. The summed E-state index contributed by atoms with van der Waals surface area (Å²) in [5.41, 5.74) is 2.71. The molecule has 0 radical (unpaired) electrons. The van der Waals surface area contributed by atoms with Crippen molar-refractivity contribution in [2.75, 3.05) is 11.4 Å². The van der Waals surface area contributed by atoms with Gasteiger partial charge in [0.15, 0.2) is 0 Å². The number of hydrogen-bond donors (Lipinski definition) is 1. The Balaban J connectivity index is 1.83. The van der Waals surface area contributed by atoms with E-state index in [9.17, 15) is 4.79 Å². The van der Waals surface area contributed by atoms with Gasteiger partial charge in [0.05, 0.1) is 23.6 Å². The number of fused-ring (bicyclic) bond motifs is 2. The van der Waals surface area contributed by atoms with E-state index in [4.69, 9.17) is 11.6 Å². The number of hydrogen-bond acceptors (Lipinski definition) is 3. The molecule has 0 aliphatic carbocycles. The predicted octanol–water partition coefficient (Wildman–Crippen LogP) is 3.14. The summed E-state index contributed by atoms with van der Waals surface area (Å²) in [5.74, 6) is 0. The molecule has 0 atom stereocenters. The SMILES string of the molecule is O=c1[nH]cnc2c1CCN(c1cccc3cccc(Cl)c13)C2. The van der Waals surface area contributed by atoms with Gasteiger partial charge in [0.1, 0.15) is 0 Å². The van der Waals surface area contributed by atoms with Gasteiger partial charge in [0.2, 0.25) is 0 Å². The van der Waals surface area contributed by atoms with E-state index < -0.39 is 0 Å². The van der Waals surface area contributed by atoms with Crippen molar-refractivity contribution in [3.8, 4) is 0 Å². The first kappa shape index (κ1) is 13.3. The van der Waals surface area contributed by atoms with Crippen LogP contribution in [0.3, 0.4) is 0 Å². The summed E-state index contributed by atoms with van der Waals surface area (Å²) < 4.78 is 0. The lowest BCUT2D eigenvalue weighted by Gasteiger charge is -2.30. The van der Waals surface area contributed by atoms with Gasteiger partial charge in [-0.2, -0.15) is 0 Å². The normalized spacial score (nSPS) is 14.1. The highest BCUT2D eigenvalue weighted by Crippen LogP contribution is 2.34. The van der Waals surface area contributed by atoms with E-state index in [-0.39, 0.29) is 5.56 Å². The molecule has 0 amide bonds. The summed E-state index contributed by atoms with van der Waals surface area (Å²) in [6.07, 6.45) is 2.17. The van der Waals surface area contributed by atoms with Crippen LogP contribution in [0, 0.1) is 0 Å². The second kappa shape index (κ2) is 5.14. The molecule has 0 saturated heterocycles. The molecule has 1 aliphatic heterocycles. The molecule has 0 bridgehead atoms. The number of halogens is 1. The minimum atomic E-state index is -0.0272. The van der Waals surface area contributed by atoms with Gasteiger partial charge in [-0.15, -0.1) is 0 Å². The summed E-state index contributed by atoms with van der Waals surface area (Å²) >= 11 is 6.41. The molecule has 1 aromatic heterocycles. The van der Waals surface area contributed by atoms with E-state index in [1.807, 2.05) is 18.2 Å². The van der Waals surface area contributed by atoms with Crippen LogP contribution in [-0.4, -0.2) is 16.5 Å². The molecule has 1 N–H and O–H groups in total. The first-order valence-electron chi connectivity index (χ1n) is 7.21. The Bertz CT molecular complexity index is 914. The van der Waals surface area contributed by atoms with Gasteiger partial charge in [0.25, 0.3) is 5.56 Å². The van der Waals surface area contributed by atoms with Crippen LogP contribution >= 0.6 is 11.6 Å². The predicted molar refractivity (Wildman–Crippen MR) is 88.6 cm³/mol.